The molecule has 0 aromatic rings. The molecule has 66 valence electrons. The van der Waals surface area contributed by atoms with Crippen LogP contribution in [0.5, 0.6) is 0 Å². The van der Waals surface area contributed by atoms with Gasteiger partial charge in [-0.25, -0.2) is 0 Å². The van der Waals surface area contributed by atoms with Crippen LogP contribution in [0.4, 0.5) is 0 Å². The summed E-state index contributed by atoms with van der Waals surface area (Å²) in [5.41, 5.74) is 0. The van der Waals surface area contributed by atoms with Gasteiger partial charge in [0, 0.05) is 18.4 Å². The summed E-state index contributed by atoms with van der Waals surface area (Å²) in [6.45, 7) is 0. The first-order valence-electron chi connectivity index (χ1n) is 4.27. The zero-order chi connectivity index (χ0) is 9.10. The second-order valence-electron chi connectivity index (χ2n) is 3.02. The number of fused-ring (bicyclic) bond motifs is 1. The van der Waals surface area contributed by atoms with E-state index in [0.717, 1.165) is 24.2 Å². The van der Waals surface area contributed by atoms with Crippen molar-refractivity contribution in [2.75, 3.05) is 0 Å². The lowest BCUT2D eigenvalue weighted by atomic mass is 10.0. The Morgan fingerprint density at radius 3 is 3.15 bits per heavy atom. The second-order valence-corrected chi connectivity index (χ2v) is 3.02. The maximum absolute atomic E-state index is 10.2. The van der Waals surface area contributed by atoms with Gasteiger partial charge in [-0.15, -0.1) is 0 Å². The Morgan fingerprint density at radius 1 is 1.38 bits per heavy atom. The van der Waals surface area contributed by atoms with Gasteiger partial charge < -0.3 is 4.74 Å². The zero-order valence-corrected chi connectivity index (χ0v) is 7.14. The van der Waals surface area contributed by atoms with Crippen LogP contribution in [0.1, 0.15) is 6.42 Å². The molecule has 1 atom stereocenters. The molecular formula is C11H10O2. The van der Waals surface area contributed by atoms with Crippen LogP contribution in [0.15, 0.2) is 48.0 Å². The average molecular weight is 174 g/mol. The Morgan fingerprint density at radius 2 is 2.31 bits per heavy atom. The highest BCUT2D eigenvalue weighted by atomic mass is 16.5. The van der Waals surface area contributed by atoms with Crippen LogP contribution in [0, 0.1) is 5.92 Å². The van der Waals surface area contributed by atoms with Crippen molar-refractivity contribution in [2.24, 2.45) is 5.92 Å². The summed E-state index contributed by atoms with van der Waals surface area (Å²) in [6, 6.07) is 0. The highest BCUT2D eigenvalue weighted by molar-refractivity contribution is 5.65. The third-order valence-electron chi connectivity index (χ3n) is 2.12. The van der Waals surface area contributed by atoms with E-state index in [-0.39, 0.29) is 0 Å². The number of carbonyl (C=O) groups excluding carboxylic acids is 1. The molecule has 0 amide bonds. The minimum atomic E-state index is 0.307. The van der Waals surface area contributed by atoms with Crippen molar-refractivity contribution in [3.8, 4) is 0 Å². The number of ether oxygens (including phenoxy) is 1. The minimum absolute atomic E-state index is 0.307. The normalized spacial score (nSPS) is 27.8. The quantitative estimate of drug-likeness (QED) is 0.449. The van der Waals surface area contributed by atoms with E-state index in [1.54, 1.807) is 0 Å². The zero-order valence-electron chi connectivity index (χ0n) is 7.14. The molecule has 2 nitrogen and oxygen atoms in total. The molecule has 1 saturated heterocycles. The summed E-state index contributed by atoms with van der Waals surface area (Å²) in [7, 11) is 0. The van der Waals surface area contributed by atoms with Crippen LogP contribution in [0.25, 0.3) is 0 Å². The molecule has 2 aliphatic rings. The van der Waals surface area contributed by atoms with Gasteiger partial charge in [0.25, 0.3) is 0 Å². The number of carbonyl (C=O) groups is 1. The van der Waals surface area contributed by atoms with Gasteiger partial charge in [0.2, 0.25) is 0 Å². The molecule has 1 unspecified atom stereocenters. The van der Waals surface area contributed by atoms with E-state index in [0.29, 0.717) is 5.92 Å². The standard InChI is InChI=1S/C11H10O2/c12-7-6-10-8-9-4-2-1-3-5-11(9)13-10/h1-7,9H,8H2/b10-6-. The molecule has 1 heterocycles. The average Bonchev–Trinajstić information content (AvgIpc) is 2.37. The van der Waals surface area contributed by atoms with E-state index in [1.165, 1.54) is 6.08 Å². The van der Waals surface area contributed by atoms with Crippen LogP contribution in [-0.2, 0) is 9.53 Å². The van der Waals surface area contributed by atoms with Crippen molar-refractivity contribution in [2.45, 2.75) is 6.42 Å². The molecule has 0 N–H and O–H groups in total. The van der Waals surface area contributed by atoms with Crippen molar-refractivity contribution < 1.29 is 9.53 Å². The Labute approximate surface area is 76.9 Å². The van der Waals surface area contributed by atoms with E-state index in [1.807, 2.05) is 24.3 Å². The fourth-order valence-electron chi connectivity index (χ4n) is 1.50. The van der Waals surface area contributed by atoms with E-state index in [9.17, 15) is 4.79 Å². The number of aldehydes is 1. The summed E-state index contributed by atoms with van der Waals surface area (Å²) >= 11 is 0. The topological polar surface area (TPSA) is 26.3 Å². The predicted molar refractivity (Wildman–Crippen MR) is 49.7 cm³/mol. The first kappa shape index (κ1) is 8.05. The maximum Gasteiger partial charge on any atom is 0.146 e. The number of hydrogen-bond donors (Lipinski definition) is 0. The molecule has 1 aliphatic carbocycles. The Bertz CT molecular complexity index is 332. The fraction of sp³-hybridized carbons (Fsp3) is 0.182. The maximum atomic E-state index is 10.2. The smallest absolute Gasteiger partial charge is 0.146 e. The van der Waals surface area contributed by atoms with Crippen LogP contribution < -0.4 is 0 Å². The monoisotopic (exact) mass is 174 g/mol. The van der Waals surface area contributed by atoms with E-state index >= 15 is 0 Å². The SMILES string of the molecule is O=C/C=C1/CC2C=CC=CC=C2O1. The van der Waals surface area contributed by atoms with Crippen molar-refractivity contribution in [1.82, 2.24) is 0 Å². The van der Waals surface area contributed by atoms with Crippen molar-refractivity contribution >= 4 is 6.29 Å². The van der Waals surface area contributed by atoms with Gasteiger partial charge in [0.1, 0.15) is 17.8 Å². The molecule has 2 rings (SSSR count). The number of hydrogen-bond acceptors (Lipinski definition) is 2. The van der Waals surface area contributed by atoms with E-state index < -0.39 is 0 Å². The third-order valence-corrected chi connectivity index (χ3v) is 2.12. The lowest BCUT2D eigenvalue weighted by Crippen LogP contribution is -1.89. The second kappa shape index (κ2) is 3.44. The largest absolute Gasteiger partial charge is 0.465 e. The summed E-state index contributed by atoms with van der Waals surface area (Å²) in [5.74, 6) is 1.99. The Hall–Kier alpha value is -1.57. The molecule has 13 heavy (non-hydrogen) atoms. The van der Waals surface area contributed by atoms with Gasteiger partial charge in [-0.05, 0) is 6.08 Å². The van der Waals surface area contributed by atoms with E-state index in [4.69, 9.17) is 4.74 Å². The Balaban J connectivity index is 2.24. The lowest BCUT2D eigenvalue weighted by molar-refractivity contribution is -0.104. The fourth-order valence-corrected chi connectivity index (χ4v) is 1.50. The summed E-state index contributed by atoms with van der Waals surface area (Å²) in [5, 5.41) is 0. The third kappa shape index (κ3) is 1.61. The van der Waals surface area contributed by atoms with Gasteiger partial charge in [0.05, 0.1) is 0 Å². The molecule has 1 aliphatic heterocycles. The summed E-state index contributed by atoms with van der Waals surface area (Å²) < 4.78 is 5.47. The molecule has 0 aromatic carbocycles. The minimum Gasteiger partial charge on any atom is -0.465 e. The van der Waals surface area contributed by atoms with Crippen molar-refractivity contribution in [1.29, 1.82) is 0 Å². The molecule has 0 spiro atoms. The highest BCUT2D eigenvalue weighted by Crippen LogP contribution is 2.34. The summed E-state index contributed by atoms with van der Waals surface area (Å²) in [6.07, 6.45) is 13.0. The number of allylic oxidation sites excluding steroid dienone is 7. The van der Waals surface area contributed by atoms with Crippen LogP contribution in [0.2, 0.25) is 0 Å². The molecule has 0 radical (unpaired) electrons. The number of rotatable bonds is 1. The van der Waals surface area contributed by atoms with Gasteiger partial charge in [-0.3, -0.25) is 4.79 Å². The molecular weight excluding hydrogens is 164 g/mol. The van der Waals surface area contributed by atoms with Gasteiger partial charge >= 0.3 is 0 Å². The van der Waals surface area contributed by atoms with Crippen LogP contribution >= 0.6 is 0 Å². The van der Waals surface area contributed by atoms with Crippen LogP contribution in [-0.4, -0.2) is 6.29 Å². The first-order chi connectivity index (χ1) is 6.40. The van der Waals surface area contributed by atoms with Gasteiger partial charge in [-0.1, -0.05) is 24.3 Å². The molecule has 0 aromatic heterocycles. The van der Waals surface area contributed by atoms with Crippen molar-refractivity contribution in [3.05, 3.63) is 48.0 Å². The highest BCUT2D eigenvalue weighted by Gasteiger charge is 2.24. The molecule has 0 bridgehead atoms. The Kier molecular flexibility index (Phi) is 2.13. The van der Waals surface area contributed by atoms with Crippen LogP contribution in [0.3, 0.4) is 0 Å². The molecule has 2 heteroatoms. The first-order valence-corrected chi connectivity index (χ1v) is 4.27. The van der Waals surface area contributed by atoms with E-state index in [2.05, 4.69) is 6.08 Å². The summed E-state index contributed by atoms with van der Waals surface area (Å²) in [4.78, 5) is 10.2. The van der Waals surface area contributed by atoms with Gasteiger partial charge in [-0.2, -0.15) is 0 Å². The lowest BCUT2D eigenvalue weighted by Gasteiger charge is -1.99. The molecule has 0 saturated carbocycles. The molecule has 1 fully saturated rings. The van der Waals surface area contributed by atoms with Crippen molar-refractivity contribution in [3.63, 3.8) is 0 Å². The predicted octanol–water partition coefficient (Wildman–Crippen LogP) is 2.12. The van der Waals surface area contributed by atoms with Gasteiger partial charge in [0.15, 0.2) is 0 Å².